The second kappa shape index (κ2) is 12.3. The minimum atomic E-state index is -0.787. The summed E-state index contributed by atoms with van der Waals surface area (Å²) in [6.07, 6.45) is 7.96. The van der Waals surface area contributed by atoms with Crippen LogP contribution in [0.15, 0.2) is 82.8 Å². The highest BCUT2D eigenvalue weighted by Crippen LogP contribution is 2.33. The van der Waals surface area contributed by atoms with Crippen LogP contribution in [0.4, 0.5) is 10.5 Å². The third kappa shape index (κ3) is 6.57. The lowest BCUT2D eigenvalue weighted by molar-refractivity contribution is -0.122. The highest BCUT2D eigenvalue weighted by Gasteiger charge is 2.36. The summed E-state index contributed by atoms with van der Waals surface area (Å²) in [6.45, 7) is 0.703. The molecule has 1 N–H and O–H groups in total. The third-order valence-corrected chi connectivity index (χ3v) is 7.46. The number of carbonyl (C=O) groups excluding carboxylic acids is 3. The van der Waals surface area contributed by atoms with Gasteiger partial charge in [-0.15, -0.1) is 0 Å². The summed E-state index contributed by atoms with van der Waals surface area (Å²) >= 11 is 3.33. The SMILES string of the molecule is O=C1NC(=O)N(c2ccc(Br)cc2)C(=O)C1=Cc1cccc(OCCOc2ccc(C3CCCCC3)cc2)c1. The zero-order chi connectivity index (χ0) is 27.2. The summed E-state index contributed by atoms with van der Waals surface area (Å²) in [4.78, 5) is 38.9. The van der Waals surface area contributed by atoms with Crippen molar-refractivity contribution in [3.63, 3.8) is 0 Å². The molecule has 200 valence electrons. The standard InChI is InChI=1S/C31H29BrN2O5/c32-24-11-13-25(14-12-24)34-30(36)28(29(35)33-31(34)37)20-21-5-4-8-27(19-21)39-18-17-38-26-15-9-23(10-16-26)22-6-2-1-3-7-22/h4-5,8-16,19-20,22H,1-3,6-7,17-18H2,(H,33,35,37). The van der Waals surface area contributed by atoms with Crippen LogP contribution in [0.3, 0.4) is 0 Å². The molecule has 7 nitrogen and oxygen atoms in total. The van der Waals surface area contributed by atoms with Crippen LogP contribution in [0.5, 0.6) is 11.5 Å². The summed E-state index contributed by atoms with van der Waals surface area (Å²) in [5.41, 5.74) is 2.20. The van der Waals surface area contributed by atoms with E-state index in [1.165, 1.54) is 43.7 Å². The van der Waals surface area contributed by atoms with Crippen molar-refractivity contribution in [1.29, 1.82) is 0 Å². The van der Waals surface area contributed by atoms with Crippen molar-refractivity contribution in [3.8, 4) is 11.5 Å². The molecule has 0 bridgehead atoms. The topological polar surface area (TPSA) is 84.9 Å². The molecule has 1 aliphatic carbocycles. The van der Waals surface area contributed by atoms with E-state index in [1.54, 1.807) is 48.5 Å². The molecule has 1 saturated heterocycles. The molecule has 5 rings (SSSR count). The van der Waals surface area contributed by atoms with Gasteiger partial charge >= 0.3 is 6.03 Å². The van der Waals surface area contributed by atoms with E-state index >= 15 is 0 Å². The van der Waals surface area contributed by atoms with E-state index in [-0.39, 0.29) is 5.57 Å². The number of ether oxygens (including phenoxy) is 2. The number of hydrogen-bond donors (Lipinski definition) is 1. The van der Waals surface area contributed by atoms with Gasteiger partial charge in [0.05, 0.1) is 5.69 Å². The zero-order valence-electron chi connectivity index (χ0n) is 21.4. The molecule has 2 aliphatic rings. The van der Waals surface area contributed by atoms with Crippen LogP contribution >= 0.6 is 15.9 Å². The Kier molecular flexibility index (Phi) is 8.42. The Morgan fingerprint density at radius 3 is 2.26 bits per heavy atom. The fourth-order valence-electron chi connectivity index (χ4n) is 4.93. The van der Waals surface area contributed by atoms with Crippen LogP contribution in [0, 0.1) is 0 Å². The number of halogens is 1. The molecule has 0 unspecified atom stereocenters. The summed E-state index contributed by atoms with van der Waals surface area (Å²) in [7, 11) is 0. The maximum atomic E-state index is 13.1. The van der Waals surface area contributed by atoms with E-state index in [9.17, 15) is 14.4 Å². The molecular weight excluding hydrogens is 560 g/mol. The number of amides is 4. The fourth-order valence-corrected chi connectivity index (χ4v) is 5.20. The third-order valence-electron chi connectivity index (χ3n) is 6.93. The van der Waals surface area contributed by atoms with Gasteiger partial charge in [-0.25, -0.2) is 9.69 Å². The van der Waals surface area contributed by atoms with Gasteiger partial charge in [0.25, 0.3) is 11.8 Å². The highest BCUT2D eigenvalue weighted by atomic mass is 79.9. The number of urea groups is 1. The van der Waals surface area contributed by atoms with E-state index in [1.807, 2.05) is 12.1 Å². The molecule has 4 amide bonds. The van der Waals surface area contributed by atoms with Crippen LogP contribution in [-0.4, -0.2) is 31.1 Å². The lowest BCUT2D eigenvalue weighted by Gasteiger charge is -2.26. The van der Waals surface area contributed by atoms with Crippen molar-refractivity contribution in [1.82, 2.24) is 5.32 Å². The van der Waals surface area contributed by atoms with Gasteiger partial charge in [0.15, 0.2) is 0 Å². The maximum Gasteiger partial charge on any atom is 0.335 e. The van der Waals surface area contributed by atoms with Gasteiger partial charge in [-0.2, -0.15) is 0 Å². The van der Waals surface area contributed by atoms with Crippen molar-refractivity contribution in [3.05, 3.63) is 94.0 Å². The predicted molar refractivity (Wildman–Crippen MR) is 153 cm³/mol. The quantitative estimate of drug-likeness (QED) is 0.181. The van der Waals surface area contributed by atoms with Crippen molar-refractivity contribution in [2.45, 2.75) is 38.0 Å². The van der Waals surface area contributed by atoms with Gasteiger partial charge in [-0.1, -0.05) is 59.5 Å². The first-order valence-electron chi connectivity index (χ1n) is 13.1. The zero-order valence-corrected chi connectivity index (χ0v) is 23.0. The van der Waals surface area contributed by atoms with Gasteiger partial charge in [0, 0.05) is 4.47 Å². The minimum absolute atomic E-state index is 0.144. The second-order valence-electron chi connectivity index (χ2n) is 9.61. The first kappa shape index (κ1) is 26.7. The van der Waals surface area contributed by atoms with Crippen molar-refractivity contribution in [2.24, 2.45) is 0 Å². The Labute approximate surface area is 235 Å². The molecule has 3 aromatic rings. The number of nitrogens with one attached hydrogen (secondary N) is 1. The largest absolute Gasteiger partial charge is 0.490 e. The fraction of sp³-hybridized carbons (Fsp3) is 0.258. The maximum absolute atomic E-state index is 13.1. The summed E-state index contributed by atoms with van der Waals surface area (Å²) in [5.74, 6) is 0.610. The molecular formula is C31H29BrN2O5. The number of anilines is 1. The first-order chi connectivity index (χ1) is 19.0. The van der Waals surface area contributed by atoms with E-state index in [2.05, 4.69) is 33.4 Å². The first-order valence-corrected chi connectivity index (χ1v) is 13.9. The molecule has 1 aliphatic heterocycles. The molecule has 8 heteroatoms. The Morgan fingerprint density at radius 2 is 1.54 bits per heavy atom. The van der Waals surface area contributed by atoms with Crippen molar-refractivity contribution >= 4 is 45.5 Å². The Bertz CT molecular complexity index is 1380. The lowest BCUT2D eigenvalue weighted by atomic mass is 9.84. The molecule has 3 aromatic carbocycles. The van der Waals surface area contributed by atoms with Crippen LogP contribution < -0.4 is 19.7 Å². The average molecular weight is 589 g/mol. The number of benzene rings is 3. The van der Waals surface area contributed by atoms with E-state index in [0.29, 0.717) is 36.1 Å². The van der Waals surface area contributed by atoms with Gasteiger partial charge in [-0.05, 0) is 84.5 Å². The monoisotopic (exact) mass is 588 g/mol. The van der Waals surface area contributed by atoms with Crippen LogP contribution in [0.2, 0.25) is 0 Å². The Morgan fingerprint density at radius 1 is 0.846 bits per heavy atom. The Hall–Kier alpha value is -3.91. The highest BCUT2D eigenvalue weighted by molar-refractivity contribution is 9.10. The molecule has 0 spiro atoms. The van der Waals surface area contributed by atoms with E-state index in [0.717, 1.165) is 15.1 Å². The Balaban J connectivity index is 1.18. The minimum Gasteiger partial charge on any atom is -0.490 e. The number of rotatable bonds is 8. The lowest BCUT2D eigenvalue weighted by Crippen LogP contribution is -2.54. The molecule has 0 radical (unpaired) electrons. The van der Waals surface area contributed by atoms with Gasteiger partial charge in [-0.3, -0.25) is 14.9 Å². The molecule has 0 aromatic heterocycles. The summed E-state index contributed by atoms with van der Waals surface area (Å²) < 4.78 is 12.5. The molecule has 1 heterocycles. The summed E-state index contributed by atoms with van der Waals surface area (Å²) in [6, 6.07) is 21.3. The van der Waals surface area contributed by atoms with Crippen molar-refractivity contribution < 1.29 is 23.9 Å². The number of carbonyl (C=O) groups is 3. The van der Waals surface area contributed by atoms with Crippen LogP contribution in [0.1, 0.15) is 49.1 Å². The van der Waals surface area contributed by atoms with Crippen molar-refractivity contribution in [2.75, 3.05) is 18.1 Å². The normalized spacial score (nSPS) is 17.3. The van der Waals surface area contributed by atoms with Crippen LogP contribution in [-0.2, 0) is 9.59 Å². The van der Waals surface area contributed by atoms with Gasteiger partial charge in [0.2, 0.25) is 0 Å². The average Bonchev–Trinajstić information content (AvgIpc) is 2.95. The number of imide groups is 2. The number of barbiturate groups is 1. The molecule has 0 atom stereocenters. The number of hydrogen-bond acceptors (Lipinski definition) is 5. The van der Waals surface area contributed by atoms with Gasteiger partial charge < -0.3 is 9.47 Å². The van der Waals surface area contributed by atoms with Crippen LogP contribution in [0.25, 0.3) is 6.08 Å². The summed E-state index contributed by atoms with van der Waals surface area (Å²) in [5, 5.41) is 2.24. The van der Waals surface area contributed by atoms with Gasteiger partial charge in [0.1, 0.15) is 30.3 Å². The smallest absolute Gasteiger partial charge is 0.335 e. The molecule has 2 fully saturated rings. The second-order valence-corrected chi connectivity index (χ2v) is 10.5. The molecule has 1 saturated carbocycles. The van der Waals surface area contributed by atoms with E-state index < -0.39 is 17.8 Å². The van der Waals surface area contributed by atoms with E-state index in [4.69, 9.17) is 9.47 Å². The predicted octanol–water partition coefficient (Wildman–Crippen LogP) is 6.62. The number of nitrogens with zero attached hydrogens (tertiary/aromatic N) is 1. The molecule has 39 heavy (non-hydrogen) atoms.